The van der Waals surface area contributed by atoms with E-state index in [9.17, 15) is 4.79 Å². The van der Waals surface area contributed by atoms with E-state index in [1.807, 2.05) is 56.1 Å². The second-order valence-electron chi connectivity index (χ2n) is 6.21. The maximum Gasteiger partial charge on any atom is 0.253 e. The fourth-order valence-corrected chi connectivity index (χ4v) is 2.98. The number of hydrogen-bond acceptors (Lipinski definition) is 2. The Morgan fingerprint density at radius 3 is 2.26 bits per heavy atom. The van der Waals surface area contributed by atoms with Gasteiger partial charge in [0.15, 0.2) is 0 Å². The Morgan fingerprint density at radius 1 is 1.09 bits per heavy atom. The molecule has 0 radical (unpaired) electrons. The van der Waals surface area contributed by atoms with E-state index in [1.54, 1.807) is 0 Å². The number of hydrogen-bond donors (Lipinski definition) is 1. The van der Waals surface area contributed by atoms with Crippen LogP contribution in [0.4, 0.5) is 0 Å². The van der Waals surface area contributed by atoms with Crippen LogP contribution < -0.4 is 5.73 Å². The number of aryl methyl sites for hydroxylation is 2. The number of rotatable bonds is 6. The molecule has 2 aromatic rings. The average Bonchev–Trinajstić information content (AvgIpc) is 2.53. The van der Waals surface area contributed by atoms with Crippen LogP contribution in [0.15, 0.2) is 48.5 Å². The second-order valence-corrected chi connectivity index (χ2v) is 6.21. The summed E-state index contributed by atoms with van der Waals surface area (Å²) in [6.45, 7) is 4.61. The summed E-state index contributed by atoms with van der Waals surface area (Å²) in [5, 5.41) is 0. The maximum absolute atomic E-state index is 12.8. The zero-order valence-corrected chi connectivity index (χ0v) is 14.3. The predicted molar refractivity (Wildman–Crippen MR) is 95.6 cm³/mol. The van der Waals surface area contributed by atoms with Crippen LogP contribution in [-0.4, -0.2) is 30.4 Å². The van der Waals surface area contributed by atoms with Crippen LogP contribution in [0.1, 0.15) is 33.5 Å². The smallest absolute Gasteiger partial charge is 0.253 e. The van der Waals surface area contributed by atoms with Crippen LogP contribution in [0.2, 0.25) is 0 Å². The molecule has 0 aromatic heterocycles. The number of likely N-dealkylation sites (N-methyl/N-ethyl adjacent to an activating group) is 1. The summed E-state index contributed by atoms with van der Waals surface area (Å²) in [4.78, 5) is 14.7. The van der Waals surface area contributed by atoms with E-state index < -0.39 is 0 Å². The summed E-state index contributed by atoms with van der Waals surface area (Å²) in [6.07, 6.45) is 1.62. The molecule has 0 aliphatic carbocycles. The highest BCUT2D eigenvalue weighted by Crippen LogP contribution is 2.16. The maximum atomic E-state index is 12.8. The number of benzene rings is 2. The SMILES string of the molecule is Cc1cc(C)cc(C(=O)N(C)[C@H](CCN)Cc2ccccc2)c1. The van der Waals surface area contributed by atoms with E-state index >= 15 is 0 Å². The molecular weight excluding hydrogens is 284 g/mol. The third kappa shape index (κ3) is 4.67. The van der Waals surface area contributed by atoms with Gasteiger partial charge in [-0.15, -0.1) is 0 Å². The molecule has 0 fully saturated rings. The van der Waals surface area contributed by atoms with Gasteiger partial charge in [0.1, 0.15) is 0 Å². The zero-order chi connectivity index (χ0) is 16.8. The van der Waals surface area contributed by atoms with Gasteiger partial charge in [-0.1, -0.05) is 47.5 Å². The van der Waals surface area contributed by atoms with Crippen molar-refractivity contribution in [1.29, 1.82) is 0 Å². The first-order valence-corrected chi connectivity index (χ1v) is 8.10. The minimum absolute atomic E-state index is 0.0613. The number of nitrogens with zero attached hydrogens (tertiary/aromatic N) is 1. The Hall–Kier alpha value is -2.13. The molecular formula is C20H26N2O. The number of carbonyl (C=O) groups is 1. The van der Waals surface area contributed by atoms with E-state index in [1.165, 1.54) is 5.56 Å². The van der Waals surface area contributed by atoms with Crippen LogP contribution in [0.5, 0.6) is 0 Å². The van der Waals surface area contributed by atoms with E-state index in [0.29, 0.717) is 6.54 Å². The summed E-state index contributed by atoms with van der Waals surface area (Å²) in [7, 11) is 1.88. The van der Waals surface area contributed by atoms with E-state index in [-0.39, 0.29) is 11.9 Å². The minimum atomic E-state index is 0.0613. The molecule has 0 saturated heterocycles. The van der Waals surface area contributed by atoms with E-state index in [0.717, 1.165) is 29.5 Å². The van der Waals surface area contributed by atoms with Crippen LogP contribution in [0, 0.1) is 13.8 Å². The van der Waals surface area contributed by atoms with Gasteiger partial charge in [0.25, 0.3) is 5.91 Å². The first-order chi connectivity index (χ1) is 11.0. The molecule has 0 heterocycles. The fraction of sp³-hybridized carbons (Fsp3) is 0.350. The lowest BCUT2D eigenvalue weighted by Gasteiger charge is -2.28. The van der Waals surface area contributed by atoms with Crippen LogP contribution in [-0.2, 0) is 6.42 Å². The van der Waals surface area contributed by atoms with Gasteiger partial charge in [0.05, 0.1) is 0 Å². The van der Waals surface area contributed by atoms with Crippen molar-refractivity contribution in [3.8, 4) is 0 Å². The Labute approximate surface area is 139 Å². The van der Waals surface area contributed by atoms with Crippen molar-refractivity contribution >= 4 is 5.91 Å². The first kappa shape index (κ1) is 17.2. The van der Waals surface area contributed by atoms with Crippen LogP contribution in [0.25, 0.3) is 0 Å². The molecule has 0 aliphatic heterocycles. The van der Waals surface area contributed by atoms with Gasteiger partial charge in [-0.3, -0.25) is 4.79 Å². The van der Waals surface area contributed by atoms with Gasteiger partial charge in [0, 0.05) is 18.7 Å². The van der Waals surface area contributed by atoms with Gasteiger partial charge in [-0.25, -0.2) is 0 Å². The molecule has 0 spiro atoms. The van der Waals surface area contributed by atoms with Crippen molar-refractivity contribution in [2.45, 2.75) is 32.7 Å². The van der Waals surface area contributed by atoms with Gasteiger partial charge in [0.2, 0.25) is 0 Å². The van der Waals surface area contributed by atoms with Crippen molar-refractivity contribution in [1.82, 2.24) is 4.90 Å². The summed E-state index contributed by atoms with van der Waals surface area (Å²) < 4.78 is 0. The standard InChI is InChI=1S/C20H26N2O/c1-15-11-16(2)13-18(12-15)20(23)22(3)19(9-10-21)14-17-7-5-4-6-8-17/h4-8,11-13,19H,9-10,14,21H2,1-3H3/t19-/m1/s1. The lowest BCUT2D eigenvalue weighted by molar-refractivity contribution is 0.0725. The summed E-state index contributed by atoms with van der Waals surface area (Å²) >= 11 is 0. The molecule has 2 rings (SSSR count). The molecule has 2 N–H and O–H groups in total. The summed E-state index contributed by atoms with van der Waals surface area (Å²) in [6, 6.07) is 16.3. The molecule has 3 nitrogen and oxygen atoms in total. The van der Waals surface area contributed by atoms with Crippen molar-refractivity contribution in [3.63, 3.8) is 0 Å². The molecule has 0 bridgehead atoms. The number of amides is 1. The number of carbonyl (C=O) groups excluding carboxylic acids is 1. The minimum Gasteiger partial charge on any atom is -0.338 e. The predicted octanol–water partition coefficient (Wildman–Crippen LogP) is 3.34. The topological polar surface area (TPSA) is 46.3 Å². The Balaban J connectivity index is 2.19. The molecule has 0 aliphatic rings. The monoisotopic (exact) mass is 310 g/mol. The molecule has 122 valence electrons. The zero-order valence-electron chi connectivity index (χ0n) is 14.3. The van der Waals surface area contributed by atoms with E-state index in [4.69, 9.17) is 5.73 Å². The van der Waals surface area contributed by atoms with Crippen LogP contribution >= 0.6 is 0 Å². The molecule has 1 atom stereocenters. The molecule has 2 aromatic carbocycles. The molecule has 3 heteroatoms. The van der Waals surface area contributed by atoms with Crippen molar-refractivity contribution in [3.05, 3.63) is 70.8 Å². The first-order valence-electron chi connectivity index (χ1n) is 8.10. The number of nitrogens with two attached hydrogens (primary N) is 1. The van der Waals surface area contributed by atoms with Crippen molar-refractivity contribution in [2.75, 3.05) is 13.6 Å². The van der Waals surface area contributed by atoms with Gasteiger partial charge >= 0.3 is 0 Å². The van der Waals surface area contributed by atoms with Gasteiger partial charge < -0.3 is 10.6 Å². The average molecular weight is 310 g/mol. The van der Waals surface area contributed by atoms with Gasteiger partial charge in [-0.05, 0) is 50.9 Å². The second kappa shape index (κ2) is 7.93. The Bertz CT molecular complexity index is 632. The quantitative estimate of drug-likeness (QED) is 0.889. The van der Waals surface area contributed by atoms with Crippen LogP contribution in [0.3, 0.4) is 0 Å². The normalized spacial score (nSPS) is 12.0. The highest BCUT2D eigenvalue weighted by atomic mass is 16.2. The molecule has 0 saturated carbocycles. The lowest BCUT2D eigenvalue weighted by atomic mass is 10.0. The van der Waals surface area contributed by atoms with E-state index in [2.05, 4.69) is 18.2 Å². The van der Waals surface area contributed by atoms with Gasteiger partial charge in [-0.2, -0.15) is 0 Å². The largest absolute Gasteiger partial charge is 0.338 e. The van der Waals surface area contributed by atoms with Crippen molar-refractivity contribution in [2.24, 2.45) is 5.73 Å². The highest BCUT2D eigenvalue weighted by molar-refractivity contribution is 5.94. The van der Waals surface area contributed by atoms with Crippen molar-refractivity contribution < 1.29 is 4.79 Å². The third-order valence-corrected chi connectivity index (χ3v) is 4.15. The Morgan fingerprint density at radius 2 is 1.70 bits per heavy atom. The molecule has 1 amide bonds. The fourth-order valence-electron chi connectivity index (χ4n) is 2.98. The Kier molecular flexibility index (Phi) is 5.94. The highest BCUT2D eigenvalue weighted by Gasteiger charge is 2.21. The summed E-state index contributed by atoms with van der Waals surface area (Å²) in [5.74, 6) is 0.0613. The molecule has 23 heavy (non-hydrogen) atoms. The molecule has 0 unspecified atom stereocenters. The lowest BCUT2D eigenvalue weighted by Crippen LogP contribution is -2.39. The third-order valence-electron chi connectivity index (χ3n) is 4.15. The summed E-state index contributed by atoms with van der Waals surface area (Å²) in [5.41, 5.74) is 9.97.